The molecule has 0 bridgehead atoms. The minimum Gasteiger partial charge on any atom is -0.344 e. The lowest BCUT2D eigenvalue weighted by Gasteiger charge is -2.14. The van der Waals surface area contributed by atoms with E-state index in [2.05, 4.69) is 26.2 Å². The summed E-state index contributed by atoms with van der Waals surface area (Å²) in [4.78, 5) is 16.0. The third kappa shape index (κ3) is 3.43. The molecule has 20 heavy (non-hydrogen) atoms. The fourth-order valence-corrected chi connectivity index (χ4v) is 2.14. The maximum absolute atomic E-state index is 12.0. The number of amides is 1. The van der Waals surface area contributed by atoms with Crippen LogP contribution >= 0.6 is 15.9 Å². The molecule has 0 spiro atoms. The Hall–Kier alpha value is -2.19. The first kappa shape index (κ1) is 14.2. The van der Waals surface area contributed by atoms with Crippen LogP contribution in [0.4, 0.5) is 0 Å². The van der Waals surface area contributed by atoms with Crippen LogP contribution in [0.3, 0.4) is 0 Å². The normalized spacial score (nSPS) is 11.4. The Morgan fingerprint density at radius 1 is 1.40 bits per heavy atom. The van der Waals surface area contributed by atoms with Gasteiger partial charge in [0.15, 0.2) is 0 Å². The number of aromatic nitrogens is 1. The Morgan fingerprint density at radius 2 is 2.20 bits per heavy atom. The predicted octanol–water partition coefficient (Wildman–Crippen LogP) is 3.21. The summed E-state index contributed by atoms with van der Waals surface area (Å²) in [6.45, 7) is 1.91. The van der Waals surface area contributed by atoms with Crippen molar-refractivity contribution < 1.29 is 4.79 Å². The van der Waals surface area contributed by atoms with E-state index in [4.69, 9.17) is 5.26 Å². The highest BCUT2D eigenvalue weighted by Gasteiger charge is 2.12. The van der Waals surface area contributed by atoms with Gasteiger partial charge in [-0.2, -0.15) is 5.26 Å². The zero-order valence-corrected chi connectivity index (χ0v) is 12.4. The van der Waals surface area contributed by atoms with Crippen molar-refractivity contribution in [2.45, 2.75) is 13.0 Å². The van der Waals surface area contributed by atoms with Crippen LogP contribution in [0, 0.1) is 11.3 Å². The standard InChI is InChI=1S/C15H12BrN3O/c1-10(12-3-2-4-13(16)7-12)19-15(20)14-6-5-11(8-17)9-18-14/h2-7,9-10H,1H3,(H,19,20). The number of halogens is 1. The number of nitriles is 1. The quantitative estimate of drug-likeness (QED) is 0.940. The predicted molar refractivity (Wildman–Crippen MR) is 79.0 cm³/mol. The molecule has 2 aromatic rings. The molecule has 0 saturated carbocycles. The van der Waals surface area contributed by atoms with Crippen molar-refractivity contribution in [3.05, 3.63) is 63.9 Å². The molecule has 100 valence electrons. The van der Waals surface area contributed by atoms with Gasteiger partial charge in [0.2, 0.25) is 0 Å². The minimum atomic E-state index is -0.262. The second-order valence-electron chi connectivity index (χ2n) is 4.29. The molecule has 0 saturated heterocycles. The Morgan fingerprint density at radius 3 is 2.80 bits per heavy atom. The largest absolute Gasteiger partial charge is 0.344 e. The Kier molecular flexibility index (Phi) is 4.49. The number of hydrogen-bond donors (Lipinski definition) is 1. The van der Waals surface area contributed by atoms with Crippen LogP contribution in [-0.2, 0) is 0 Å². The molecule has 0 fully saturated rings. The second-order valence-corrected chi connectivity index (χ2v) is 5.21. The second kappa shape index (κ2) is 6.31. The van der Waals surface area contributed by atoms with Crippen LogP contribution in [-0.4, -0.2) is 10.9 Å². The highest BCUT2D eigenvalue weighted by Crippen LogP contribution is 2.18. The first-order valence-electron chi connectivity index (χ1n) is 6.02. The molecule has 1 unspecified atom stereocenters. The number of nitrogens with zero attached hydrogens (tertiary/aromatic N) is 2. The number of pyridine rings is 1. The summed E-state index contributed by atoms with van der Waals surface area (Å²) >= 11 is 3.40. The van der Waals surface area contributed by atoms with Crippen LogP contribution < -0.4 is 5.32 Å². The number of rotatable bonds is 3. The van der Waals surface area contributed by atoms with Gasteiger partial charge in [-0.05, 0) is 36.8 Å². The number of carbonyl (C=O) groups is 1. The average molecular weight is 330 g/mol. The number of benzene rings is 1. The summed E-state index contributed by atoms with van der Waals surface area (Å²) in [7, 11) is 0. The van der Waals surface area contributed by atoms with Crippen LogP contribution in [0.5, 0.6) is 0 Å². The highest BCUT2D eigenvalue weighted by atomic mass is 79.9. The van der Waals surface area contributed by atoms with Gasteiger partial charge < -0.3 is 5.32 Å². The monoisotopic (exact) mass is 329 g/mol. The summed E-state index contributed by atoms with van der Waals surface area (Å²) in [6, 6.07) is 12.7. The van der Waals surface area contributed by atoms with Crippen molar-refractivity contribution in [1.82, 2.24) is 10.3 Å². The molecular formula is C15H12BrN3O. The van der Waals surface area contributed by atoms with Crippen molar-refractivity contribution in [3.63, 3.8) is 0 Å². The Bertz CT molecular complexity index is 662. The van der Waals surface area contributed by atoms with Gasteiger partial charge in [0, 0.05) is 10.7 Å². The van der Waals surface area contributed by atoms with Gasteiger partial charge in [0.25, 0.3) is 5.91 Å². The van der Waals surface area contributed by atoms with Crippen LogP contribution in [0.2, 0.25) is 0 Å². The lowest BCUT2D eigenvalue weighted by atomic mass is 10.1. The third-order valence-corrected chi connectivity index (χ3v) is 3.31. The molecule has 1 aromatic heterocycles. The summed E-state index contributed by atoms with van der Waals surface area (Å²) in [5.41, 5.74) is 1.73. The average Bonchev–Trinajstić information content (AvgIpc) is 2.47. The lowest BCUT2D eigenvalue weighted by Crippen LogP contribution is -2.27. The molecule has 2 rings (SSSR count). The molecule has 1 heterocycles. The zero-order valence-electron chi connectivity index (χ0n) is 10.8. The van der Waals surface area contributed by atoms with E-state index in [1.165, 1.54) is 6.20 Å². The number of hydrogen-bond acceptors (Lipinski definition) is 3. The number of nitrogens with one attached hydrogen (secondary N) is 1. The van der Waals surface area contributed by atoms with Crippen molar-refractivity contribution in [3.8, 4) is 6.07 Å². The number of carbonyl (C=O) groups excluding carboxylic acids is 1. The van der Waals surface area contributed by atoms with Crippen molar-refractivity contribution in [2.75, 3.05) is 0 Å². The molecule has 0 aliphatic rings. The summed E-state index contributed by atoms with van der Waals surface area (Å²) < 4.78 is 0.965. The van der Waals surface area contributed by atoms with Crippen LogP contribution in [0.1, 0.15) is 34.6 Å². The van der Waals surface area contributed by atoms with Gasteiger partial charge in [-0.15, -0.1) is 0 Å². The smallest absolute Gasteiger partial charge is 0.270 e. The first-order chi connectivity index (χ1) is 9.60. The van der Waals surface area contributed by atoms with Gasteiger partial charge >= 0.3 is 0 Å². The van der Waals surface area contributed by atoms with E-state index in [9.17, 15) is 4.79 Å². The highest BCUT2D eigenvalue weighted by molar-refractivity contribution is 9.10. The summed E-state index contributed by atoms with van der Waals surface area (Å²) in [5.74, 6) is -0.262. The molecule has 0 aliphatic carbocycles. The fraction of sp³-hybridized carbons (Fsp3) is 0.133. The zero-order chi connectivity index (χ0) is 14.5. The maximum atomic E-state index is 12.0. The Balaban J connectivity index is 2.09. The molecule has 5 heteroatoms. The van der Waals surface area contributed by atoms with E-state index < -0.39 is 0 Å². The van der Waals surface area contributed by atoms with Gasteiger partial charge in [0.1, 0.15) is 11.8 Å². The van der Waals surface area contributed by atoms with Crippen molar-refractivity contribution in [2.24, 2.45) is 0 Å². The molecule has 0 radical (unpaired) electrons. The van der Waals surface area contributed by atoms with Gasteiger partial charge in [0.05, 0.1) is 11.6 Å². The first-order valence-corrected chi connectivity index (χ1v) is 6.82. The summed E-state index contributed by atoms with van der Waals surface area (Å²) in [6.07, 6.45) is 1.39. The fourth-order valence-electron chi connectivity index (χ4n) is 1.72. The lowest BCUT2D eigenvalue weighted by molar-refractivity contribution is 0.0935. The van der Waals surface area contributed by atoms with Gasteiger partial charge in [-0.3, -0.25) is 4.79 Å². The van der Waals surface area contributed by atoms with Crippen molar-refractivity contribution in [1.29, 1.82) is 5.26 Å². The molecule has 0 aliphatic heterocycles. The van der Waals surface area contributed by atoms with E-state index in [0.29, 0.717) is 11.3 Å². The van der Waals surface area contributed by atoms with Crippen LogP contribution in [0.25, 0.3) is 0 Å². The molecule has 1 N–H and O–H groups in total. The van der Waals surface area contributed by atoms with Crippen LogP contribution in [0.15, 0.2) is 47.1 Å². The van der Waals surface area contributed by atoms with E-state index in [-0.39, 0.29) is 11.9 Å². The van der Waals surface area contributed by atoms with E-state index in [1.54, 1.807) is 12.1 Å². The Labute approximate surface area is 125 Å². The minimum absolute atomic E-state index is 0.127. The summed E-state index contributed by atoms with van der Waals surface area (Å²) in [5, 5.41) is 11.6. The maximum Gasteiger partial charge on any atom is 0.270 e. The molecule has 1 aromatic carbocycles. The van der Waals surface area contributed by atoms with E-state index >= 15 is 0 Å². The molecular weight excluding hydrogens is 318 g/mol. The topological polar surface area (TPSA) is 65.8 Å². The molecule has 1 atom stereocenters. The molecule has 1 amide bonds. The third-order valence-electron chi connectivity index (χ3n) is 2.82. The van der Waals surface area contributed by atoms with Gasteiger partial charge in [-0.1, -0.05) is 28.1 Å². The van der Waals surface area contributed by atoms with E-state index in [0.717, 1.165) is 10.0 Å². The SMILES string of the molecule is CC(NC(=O)c1ccc(C#N)cn1)c1cccc(Br)c1. The van der Waals surface area contributed by atoms with Crippen molar-refractivity contribution >= 4 is 21.8 Å². The van der Waals surface area contributed by atoms with Gasteiger partial charge in [-0.25, -0.2) is 4.98 Å². The van der Waals surface area contributed by atoms with E-state index in [1.807, 2.05) is 37.3 Å². The molecule has 4 nitrogen and oxygen atoms in total.